The predicted octanol–water partition coefficient (Wildman–Crippen LogP) is 4.68. The Morgan fingerprint density at radius 3 is 2.27 bits per heavy atom. The van der Waals surface area contributed by atoms with E-state index in [1.54, 1.807) is 29.9 Å². The van der Waals surface area contributed by atoms with Crippen molar-refractivity contribution in [1.29, 1.82) is 0 Å². The molecule has 0 bridgehead atoms. The Hall–Kier alpha value is -4.46. The molecule has 8 heteroatoms. The highest BCUT2D eigenvalue weighted by molar-refractivity contribution is 6.47. The molecule has 0 radical (unpaired) electrons. The number of rotatable bonds is 6. The first-order valence-corrected chi connectivity index (χ1v) is 12.2. The third kappa shape index (κ3) is 4.95. The summed E-state index contributed by atoms with van der Waals surface area (Å²) in [6, 6.07) is 21.7. The van der Waals surface area contributed by atoms with Crippen molar-refractivity contribution in [2.75, 3.05) is 41.3 Å². The molecular weight excluding hydrogens is 469 g/mol. The Morgan fingerprint density at radius 1 is 0.892 bits per heavy atom. The number of carbonyl (C=O) groups is 2. The van der Waals surface area contributed by atoms with Gasteiger partial charge in [0.1, 0.15) is 17.3 Å². The van der Waals surface area contributed by atoms with Crippen molar-refractivity contribution >= 4 is 28.9 Å². The first-order chi connectivity index (χ1) is 17.9. The van der Waals surface area contributed by atoms with E-state index in [1.807, 2.05) is 66.4 Å². The van der Waals surface area contributed by atoms with Crippen molar-refractivity contribution < 1.29 is 14.0 Å². The number of hydrogen-bond acceptors (Lipinski definition) is 5. The summed E-state index contributed by atoms with van der Waals surface area (Å²) in [6.07, 6.45) is 1.76. The molecule has 188 valence electrons. The van der Waals surface area contributed by atoms with Crippen LogP contribution in [0.2, 0.25) is 0 Å². The molecule has 2 aromatic carbocycles. The first-order valence-electron chi connectivity index (χ1n) is 12.2. The molecule has 0 saturated carbocycles. The van der Waals surface area contributed by atoms with Crippen LogP contribution in [0.3, 0.4) is 0 Å². The largest absolute Gasteiger partial charge is 0.366 e. The van der Waals surface area contributed by atoms with E-state index in [4.69, 9.17) is 0 Å². The third-order valence-electron chi connectivity index (χ3n) is 6.78. The number of pyridine rings is 1. The van der Waals surface area contributed by atoms with Crippen LogP contribution in [-0.4, -0.2) is 47.4 Å². The van der Waals surface area contributed by atoms with Crippen molar-refractivity contribution in [3.8, 4) is 11.1 Å². The summed E-state index contributed by atoms with van der Waals surface area (Å²) in [6.45, 7) is 4.62. The number of amides is 1. The van der Waals surface area contributed by atoms with Gasteiger partial charge < -0.3 is 19.7 Å². The van der Waals surface area contributed by atoms with Gasteiger partial charge in [-0.05, 0) is 48.9 Å². The van der Waals surface area contributed by atoms with Crippen molar-refractivity contribution in [1.82, 2.24) is 9.55 Å². The number of nitrogens with zero attached hydrogens (tertiary/aromatic N) is 4. The number of aromatic nitrogens is 2. The maximum atomic E-state index is 15.1. The summed E-state index contributed by atoms with van der Waals surface area (Å²) >= 11 is 0. The van der Waals surface area contributed by atoms with E-state index in [2.05, 4.69) is 15.2 Å². The van der Waals surface area contributed by atoms with Gasteiger partial charge in [-0.3, -0.25) is 9.59 Å². The van der Waals surface area contributed by atoms with Crippen LogP contribution in [0.4, 0.5) is 21.6 Å². The molecule has 1 aliphatic heterocycles. The highest BCUT2D eigenvalue weighted by Gasteiger charge is 2.26. The fourth-order valence-electron chi connectivity index (χ4n) is 4.70. The molecule has 1 saturated heterocycles. The van der Waals surface area contributed by atoms with E-state index in [-0.39, 0.29) is 5.69 Å². The molecule has 1 amide bonds. The molecule has 37 heavy (non-hydrogen) atoms. The van der Waals surface area contributed by atoms with Crippen LogP contribution < -0.4 is 15.1 Å². The van der Waals surface area contributed by atoms with Gasteiger partial charge in [0.05, 0.1) is 5.69 Å². The predicted molar refractivity (Wildman–Crippen MR) is 144 cm³/mol. The number of halogens is 1. The van der Waals surface area contributed by atoms with E-state index in [1.165, 1.54) is 6.07 Å². The summed E-state index contributed by atoms with van der Waals surface area (Å²) in [5.74, 6) is -1.02. The average Bonchev–Trinajstić information content (AvgIpc) is 3.23. The van der Waals surface area contributed by atoms with Gasteiger partial charge in [0.15, 0.2) is 0 Å². The zero-order chi connectivity index (χ0) is 25.9. The average molecular weight is 498 g/mol. The van der Waals surface area contributed by atoms with Crippen LogP contribution in [0.15, 0.2) is 79.0 Å². The van der Waals surface area contributed by atoms with Gasteiger partial charge >= 0.3 is 0 Å². The quantitative estimate of drug-likeness (QED) is 0.309. The molecule has 1 N–H and O–H groups in total. The van der Waals surface area contributed by atoms with Crippen molar-refractivity contribution in [2.45, 2.75) is 6.92 Å². The number of anilines is 3. The SMILES string of the molecule is Cc1cc(-c2ccccc2)c(C(=O)C(=O)Nc2ccc(N3CCN(c4ccccn4)CC3)c(F)c2)n1C. The van der Waals surface area contributed by atoms with E-state index >= 15 is 4.39 Å². The zero-order valence-corrected chi connectivity index (χ0v) is 20.8. The summed E-state index contributed by atoms with van der Waals surface area (Å²) < 4.78 is 16.8. The van der Waals surface area contributed by atoms with E-state index in [0.717, 1.165) is 30.2 Å². The van der Waals surface area contributed by atoms with Crippen LogP contribution in [0.25, 0.3) is 11.1 Å². The van der Waals surface area contributed by atoms with Crippen molar-refractivity contribution in [2.24, 2.45) is 7.05 Å². The third-order valence-corrected chi connectivity index (χ3v) is 6.78. The molecule has 5 rings (SSSR count). The molecule has 1 aliphatic rings. The lowest BCUT2D eigenvalue weighted by Gasteiger charge is -2.36. The number of benzene rings is 2. The van der Waals surface area contributed by atoms with Gasteiger partial charge in [-0.1, -0.05) is 36.4 Å². The molecule has 1 fully saturated rings. The Labute approximate surface area is 215 Å². The lowest BCUT2D eigenvalue weighted by Crippen LogP contribution is -2.47. The monoisotopic (exact) mass is 497 g/mol. The molecule has 0 unspecified atom stereocenters. The maximum absolute atomic E-state index is 15.1. The number of carbonyl (C=O) groups excluding carboxylic acids is 2. The first kappa shape index (κ1) is 24.2. The summed E-state index contributed by atoms with van der Waals surface area (Å²) in [4.78, 5) is 34.6. The normalized spacial score (nSPS) is 13.5. The molecule has 2 aromatic heterocycles. The highest BCUT2D eigenvalue weighted by atomic mass is 19.1. The molecule has 0 spiro atoms. The van der Waals surface area contributed by atoms with Crippen LogP contribution in [0.5, 0.6) is 0 Å². The summed E-state index contributed by atoms with van der Waals surface area (Å²) in [7, 11) is 1.75. The van der Waals surface area contributed by atoms with Gasteiger partial charge in [0.25, 0.3) is 11.7 Å². The Bertz CT molecular complexity index is 1430. The number of nitrogens with one attached hydrogen (secondary N) is 1. The molecule has 0 atom stereocenters. The lowest BCUT2D eigenvalue weighted by molar-refractivity contribution is -0.112. The van der Waals surface area contributed by atoms with Crippen molar-refractivity contribution in [3.63, 3.8) is 0 Å². The Balaban J connectivity index is 1.28. The molecule has 0 aliphatic carbocycles. The minimum atomic E-state index is -0.811. The second-order valence-corrected chi connectivity index (χ2v) is 9.08. The molecule has 3 heterocycles. The molecule has 4 aromatic rings. The van der Waals surface area contributed by atoms with E-state index in [9.17, 15) is 9.59 Å². The number of ketones is 1. The number of piperazine rings is 1. The van der Waals surface area contributed by atoms with E-state index in [0.29, 0.717) is 30.0 Å². The van der Waals surface area contributed by atoms with Gasteiger partial charge in [-0.15, -0.1) is 0 Å². The summed E-state index contributed by atoms with van der Waals surface area (Å²) in [5, 5.41) is 2.58. The minimum Gasteiger partial charge on any atom is -0.366 e. The fourth-order valence-corrected chi connectivity index (χ4v) is 4.70. The summed E-state index contributed by atoms with van der Waals surface area (Å²) in [5.41, 5.74) is 3.39. The van der Waals surface area contributed by atoms with Gasteiger partial charge in [0.2, 0.25) is 0 Å². The number of hydrogen-bond donors (Lipinski definition) is 1. The van der Waals surface area contributed by atoms with Crippen LogP contribution in [0, 0.1) is 12.7 Å². The smallest absolute Gasteiger partial charge is 0.298 e. The Morgan fingerprint density at radius 2 is 1.59 bits per heavy atom. The van der Waals surface area contributed by atoms with Gasteiger partial charge in [-0.2, -0.15) is 0 Å². The molecular formula is C29H28FN5O2. The van der Waals surface area contributed by atoms with Crippen LogP contribution in [-0.2, 0) is 11.8 Å². The van der Waals surface area contributed by atoms with Crippen LogP contribution in [0.1, 0.15) is 16.2 Å². The zero-order valence-electron chi connectivity index (χ0n) is 20.8. The van der Waals surface area contributed by atoms with Gasteiger partial charge in [-0.25, -0.2) is 9.37 Å². The van der Waals surface area contributed by atoms with Crippen LogP contribution >= 0.6 is 0 Å². The maximum Gasteiger partial charge on any atom is 0.298 e. The fraction of sp³-hybridized carbons (Fsp3) is 0.207. The second-order valence-electron chi connectivity index (χ2n) is 9.08. The Kier molecular flexibility index (Phi) is 6.72. The highest BCUT2D eigenvalue weighted by Crippen LogP contribution is 2.28. The van der Waals surface area contributed by atoms with Crippen molar-refractivity contribution in [3.05, 3.63) is 96.2 Å². The molecule has 7 nitrogen and oxygen atoms in total. The van der Waals surface area contributed by atoms with Gasteiger partial charge in [0, 0.05) is 56.4 Å². The van der Waals surface area contributed by atoms with E-state index < -0.39 is 17.5 Å². The number of aryl methyl sites for hydroxylation is 1. The number of Topliss-reactive ketones (excluding diaryl/α,β-unsaturated/α-hetero) is 1. The second kappa shape index (κ2) is 10.3. The minimum absolute atomic E-state index is 0.235. The topological polar surface area (TPSA) is 70.5 Å². The standard InChI is InChI=1S/C29H28FN5O2/c1-20-18-23(21-8-4-3-5-9-21)27(33(20)2)28(36)29(37)32-22-11-12-25(24(30)19-22)34-14-16-35(17-15-34)26-10-6-7-13-31-26/h3-13,18-19H,14-17H2,1-2H3,(H,32,37). The lowest BCUT2D eigenvalue weighted by atomic mass is 10.0.